The van der Waals surface area contributed by atoms with Crippen LogP contribution in [0.1, 0.15) is 12.7 Å². The molecule has 0 radical (unpaired) electrons. The van der Waals surface area contributed by atoms with Crippen LogP contribution in [0.2, 0.25) is 0 Å². The Labute approximate surface area is 127 Å². The number of hydrogen-bond donors (Lipinski definition) is 0. The van der Waals surface area contributed by atoms with Gasteiger partial charge in [-0.2, -0.15) is 0 Å². The van der Waals surface area contributed by atoms with E-state index in [1.54, 1.807) is 6.92 Å². The van der Waals surface area contributed by atoms with Crippen molar-refractivity contribution in [1.82, 2.24) is 14.1 Å². The molecule has 0 saturated carbocycles. The Morgan fingerprint density at radius 1 is 1.09 bits per heavy atom. The third-order valence-corrected chi connectivity index (χ3v) is 4.83. The number of sulfonamides is 1. The van der Waals surface area contributed by atoms with Crippen molar-refractivity contribution in [3.63, 3.8) is 0 Å². The number of carbonyl (C=O) groups is 3. The maximum absolute atomic E-state index is 11.9. The lowest BCUT2D eigenvalue weighted by molar-refractivity contribution is -0.143. The summed E-state index contributed by atoms with van der Waals surface area (Å²) in [5.74, 6) is -1.77. The molecule has 0 unspecified atom stereocenters. The molecule has 4 amide bonds. The van der Waals surface area contributed by atoms with Crippen LogP contribution in [0.25, 0.3) is 0 Å². The van der Waals surface area contributed by atoms with Crippen LogP contribution in [0.3, 0.4) is 0 Å². The van der Waals surface area contributed by atoms with Gasteiger partial charge in [0, 0.05) is 20.6 Å². The number of furan rings is 1. The number of urea groups is 1. The topological polar surface area (TPSA) is 108 Å². The van der Waals surface area contributed by atoms with Gasteiger partial charge >= 0.3 is 17.8 Å². The summed E-state index contributed by atoms with van der Waals surface area (Å²) in [5.41, 5.74) is 0. The highest BCUT2D eigenvalue weighted by Gasteiger charge is 2.43. The maximum Gasteiger partial charge on any atom is 0.334 e. The molecule has 1 aromatic rings. The van der Waals surface area contributed by atoms with Crippen molar-refractivity contribution in [2.75, 3.05) is 20.6 Å². The molecule has 0 N–H and O–H groups in total. The molecule has 22 heavy (non-hydrogen) atoms. The van der Waals surface area contributed by atoms with Crippen LogP contribution in [-0.4, -0.2) is 61.0 Å². The van der Waals surface area contributed by atoms with E-state index < -0.39 is 27.9 Å². The Kier molecular flexibility index (Phi) is 4.07. The number of amides is 4. The molecule has 2 rings (SSSR count). The van der Waals surface area contributed by atoms with E-state index in [0.29, 0.717) is 0 Å². The summed E-state index contributed by atoms with van der Waals surface area (Å²) in [5, 5.41) is -0.301. The van der Waals surface area contributed by atoms with E-state index in [0.717, 1.165) is 14.1 Å². The molecule has 0 spiro atoms. The molecule has 1 fully saturated rings. The van der Waals surface area contributed by atoms with Gasteiger partial charge in [-0.25, -0.2) is 22.4 Å². The van der Waals surface area contributed by atoms with Crippen LogP contribution in [0, 0.1) is 0 Å². The molecular formula is C12H15N3O6S. The first-order valence-corrected chi connectivity index (χ1v) is 7.82. The van der Waals surface area contributed by atoms with Crippen LogP contribution in [0.4, 0.5) is 4.79 Å². The number of carbonyl (C=O) groups excluding carboxylic acids is 3. The molecule has 0 atom stereocenters. The van der Waals surface area contributed by atoms with Gasteiger partial charge in [0.2, 0.25) is 5.09 Å². The van der Waals surface area contributed by atoms with Crippen molar-refractivity contribution >= 4 is 27.9 Å². The molecular weight excluding hydrogens is 314 g/mol. The van der Waals surface area contributed by atoms with Gasteiger partial charge in [-0.05, 0) is 19.1 Å². The summed E-state index contributed by atoms with van der Waals surface area (Å²) in [6, 6.07) is 1.83. The normalized spacial score (nSPS) is 16.3. The smallest absolute Gasteiger partial charge is 0.334 e. The Hall–Kier alpha value is -2.20. The molecule has 10 heteroatoms. The Morgan fingerprint density at radius 2 is 1.68 bits per heavy atom. The van der Waals surface area contributed by atoms with Crippen molar-refractivity contribution in [2.45, 2.75) is 18.6 Å². The van der Waals surface area contributed by atoms with Crippen molar-refractivity contribution < 1.29 is 27.2 Å². The summed E-state index contributed by atoms with van der Waals surface area (Å²) in [6.07, 6.45) is 0. The minimum absolute atomic E-state index is 0.0817. The third kappa shape index (κ3) is 2.50. The number of likely N-dealkylation sites (N-methyl/N-ethyl adjacent to an activating group) is 1. The Balaban J connectivity index is 2.23. The Bertz CT molecular complexity index is 736. The second-order valence-corrected chi connectivity index (χ2v) is 6.81. The summed E-state index contributed by atoms with van der Waals surface area (Å²) in [4.78, 5) is 36.8. The fourth-order valence-electron chi connectivity index (χ4n) is 1.89. The van der Waals surface area contributed by atoms with Gasteiger partial charge in [-0.1, -0.05) is 0 Å². The zero-order chi connectivity index (χ0) is 16.7. The van der Waals surface area contributed by atoms with Gasteiger partial charge in [0.05, 0.1) is 6.54 Å². The molecule has 0 aromatic carbocycles. The highest BCUT2D eigenvalue weighted by atomic mass is 32.2. The SMILES string of the molecule is CCN1C(=O)C(=O)N(Cc2ccc(S(=O)(=O)N(C)C)o2)C1=O. The Morgan fingerprint density at radius 3 is 2.18 bits per heavy atom. The number of hydrogen-bond acceptors (Lipinski definition) is 6. The summed E-state index contributed by atoms with van der Waals surface area (Å²) < 4.78 is 29.9. The highest BCUT2D eigenvalue weighted by Crippen LogP contribution is 2.20. The largest absolute Gasteiger partial charge is 0.446 e. The maximum atomic E-state index is 11.9. The van der Waals surface area contributed by atoms with E-state index in [9.17, 15) is 22.8 Å². The lowest BCUT2D eigenvalue weighted by atomic mass is 10.4. The zero-order valence-corrected chi connectivity index (χ0v) is 13.1. The molecule has 1 saturated heterocycles. The second-order valence-electron chi connectivity index (χ2n) is 4.73. The molecule has 0 aliphatic carbocycles. The molecule has 9 nitrogen and oxygen atoms in total. The minimum atomic E-state index is -3.74. The van der Waals surface area contributed by atoms with Crippen LogP contribution in [-0.2, 0) is 26.2 Å². The van der Waals surface area contributed by atoms with Crippen molar-refractivity contribution in [3.05, 3.63) is 17.9 Å². The molecule has 1 aliphatic heterocycles. The first-order chi connectivity index (χ1) is 10.2. The summed E-state index contributed by atoms with van der Waals surface area (Å²) >= 11 is 0. The number of nitrogens with zero attached hydrogens (tertiary/aromatic N) is 3. The highest BCUT2D eigenvalue weighted by molar-refractivity contribution is 7.88. The van der Waals surface area contributed by atoms with Crippen LogP contribution < -0.4 is 0 Å². The van der Waals surface area contributed by atoms with E-state index in [4.69, 9.17) is 4.42 Å². The number of rotatable bonds is 5. The van der Waals surface area contributed by atoms with Crippen LogP contribution >= 0.6 is 0 Å². The first-order valence-electron chi connectivity index (χ1n) is 6.38. The van der Waals surface area contributed by atoms with Crippen molar-refractivity contribution in [1.29, 1.82) is 0 Å². The average molecular weight is 329 g/mol. The second kappa shape index (κ2) is 5.54. The average Bonchev–Trinajstić information content (AvgIpc) is 2.99. The fraction of sp³-hybridized carbons (Fsp3) is 0.417. The van der Waals surface area contributed by atoms with Crippen LogP contribution in [0.15, 0.2) is 21.6 Å². The van der Waals surface area contributed by atoms with E-state index >= 15 is 0 Å². The van der Waals surface area contributed by atoms with Crippen molar-refractivity contribution in [2.24, 2.45) is 0 Å². The third-order valence-electron chi connectivity index (χ3n) is 3.14. The molecule has 2 heterocycles. The molecule has 1 aromatic heterocycles. The van der Waals surface area contributed by atoms with Gasteiger partial charge in [-0.3, -0.25) is 14.5 Å². The van der Waals surface area contributed by atoms with E-state index in [1.807, 2.05) is 0 Å². The quantitative estimate of drug-likeness (QED) is 0.548. The first kappa shape index (κ1) is 16.2. The monoisotopic (exact) mass is 329 g/mol. The van der Waals surface area contributed by atoms with E-state index in [2.05, 4.69) is 0 Å². The predicted molar refractivity (Wildman–Crippen MR) is 72.9 cm³/mol. The standard InChI is InChI=1S/C12H15N3O6S/c1-4-14-10(16)11(17)15(12(14)18)7-8-5-6-9(21-8)22(19,20)13(2)3/h5-6H,4,7H2,1-3H3. The molecule has 1 aliphatic rings. The predicted octanol–water partition coefficient (Wildman–Crippen LogP) is -0.159. The van der Waals surface area contributed by atoms with Gasteiger partial charge < -0.3 is 4.42 Å². The minimum Gasteiger partial charge on any atom is -0.446 e. The molecule has 120 valence electrons. The summed E-state index contributed by atoms with van der Waals surface area (Å²) in [6.45, 7) is 1.35. The lowest BCUT2D eigenvalue weighted by Crippen LogP contribution is -2.32. The number of imide groups is 2. The fourth-order valence-corrected chi connectivity index (χ4v) is 2.70. The lowest BCUT2D eigenvalue weighted by Gasteiger charge is -2.12. The van der Waals surface area contributed by atoms with E-state index in [-0.39, 0.29) is 23.9 Å². The van der Waals surface area contributed by atoms with Gasteiger partial charge in [0.15, 0.2) is 0 Å². The summed E-state index contributed by atoms with van der Waals surface area (Å²) in [7, 11) is -1.04. The van der Waals surface area contributed by atoms with Gasteiger partial charge in [-0.15, -0.1) is 0 Å². The van der Waals surface area contributed by atoms with Gasteiger partial charge in [0.25, 0.3) is 10.0 Å². The zero-order valence-electron chi connectivity index (χ0n) is 12.3. The van der Waals surface area contributed by atoms with Gasteiger partial charge in [0.1, 0.15) is 5.76 Å². The van der Waals surface area contributed by atoms with E-state index in [1.165, 1.54) is 26.2 Å². The van der Waals surface area contributed by atoms with Crippen LogP contribution in [0.5, 0.6) is 0 Å². The molecule has 0 bridgehead atoms. The van der Waals surface area contributed by atoms with Crippen molar-refractivity contribution in [3.8, 4) is 0 Å².